The van der Waals surface area contributed by atoms with Crippen molar-refractivity contribution in [1.82, 2.24) is 25.5 Å². The largest absolute Gasteiger partial charge is 0.486 e. The number of ether oxygens (including phenoxy) is 2. The molecule has 2 aromatic carbocycles. The van der Waals surface area contributed by atoms with Gasteiger partial charge >= 0.3 is 0 Å². The quantitative estimate of drug-likeness (QED) is 0.710. The van der Waals surface area contributed by atoms with E-state index in [1.807, 2.05) is 54.6 Å². The Balaban J connectivity index is 1.40. The number of carbonyl (C=O) groups excluding carboxylic acids is 1. The van der Waals surface area contributed by atoms with E-state index in [9.17, 15) is 4.79 Å². The van der Waals surface area contributed by atoms with Crippen LogP contribution in [0.2, 0.25) is 0 Å². The summed E-state index contributed by atoms with van der Waals surface area (Å²) in [6.45, 7) is 0.714. The van der Waals surface area contributed by atoms with E-state index in [4.69, 9.17) is 9.47 Å². The molecular weight excluding hydrogens is 346 g/mol. The number of nitrogens with one attached hydrogen (secondary N) is 1. The summed E-state index contributed by atoms with van der Waals surface area (Å²) in [4.78, 5) is 12.8. The molecule has 1 amide bonds. The van der Waals surface area contributed by atoms with Crippen molar-refractivity contribution in [2.45, 2.75) is 18.6 Å². The van der Waals surface area contributed by atoms with E-state index in [-0.39, 0.29) is 12.0 Å². The third kappa shape index (κ3) is 4.05. The summed E-state index contributed by atoms with van der Waals surface area (Å²) < 4.78 is 13.0. The molecule has 0 saturated heterocycles. The number of tetrazole rings is 1. The highest BCUT2D eigenvalue weighted by Gasteiger charge is 2.25. The van der Waals surface area contributed by atoms with Crippen LogP contribution in [0.5, 0.6) is 11.5 Å². The molecule has 1 aliphatic rings. The van der Waals surface area contributed by atoms with Gasteiger partial charge in [0.1, 0.15) is 25.1 Å². The standard InChI is InChI=1S/C19H19N5O3/c25-19(20-11-15-12-26-17-8-4-5-9-18(17)27-15)16(24-13-21-22-23-24)10-14-6-2-1-3-7-14/h1-9,13,15-16H,10-12H2,(H,20,25). The minimum atomic E-state index is -0.542. The van der Waals surface area contributed by atoms with Gasteiger partial charge in [-0.05, 0) is 28.1 Å². The number of carbonyl (C=O) groups is 1. The fraction of sp³-hybridized carbons (Fsp3) is 0.263. The summed E-state index contributed by atoms with van der Waals surface area (Å²) in [5.41, 5.74) is 1.03. The highest BCUT2D eigenvalue weighted by molar-refractivity contribution is 5.80. The van der Waals surface area contributed by atoms with Crippen LogP contribution in [-0.4, -0.2) is 45.4 Å². The molecule has 8 nitrogen and oxygen atoms in total. The zero-order chi connectivity index (χ0) is 18.5. The van der Waals surface area contributed by atoms with Gasteiger partial charge in [0.2, 0.25) is 5.91 Å². The van der Waals surface area contributed by atoms with E-state index in [1.165, 1.54) is 11.0 Å². The summed E-state index contributed by atoms with van der Waals surface area (Å²) in [5.74, 6) is 1.23. The van der Waals surface area contributed by atoms with Gasteiger partial charge in [0.05, 0.1) is 6.54 Å². The molecule has 0 bridgehead atoms. The minimum Gasteiger partial charge on any atom is -0.486 e. The lowest BCUT2D eigenvalue weighted by Crippen LogP contribution is -2.43. The number of hydrogen-bond acceptors (Lipinski definition) is 6. The second-order valence-electron chi connectivity index (χ2n) is 6.24. The molecular formula is C19H19N5O3. The fourth-order valence-corrected chi connectivity index (χ4v) is 2.95. The fourth-order valence-electron chi connectivity index (χ4n) is 2.95. The Bertz CT molecular complexity index is 885. The van der Waals surface area contributed by atoms with E-state index in [0.29, 0.717) is 25.3 Å². The molecule has 3 aromatic rings. The van der Waals surface area contributed by atoms with Crippen LogP contribution in [-0.2, 0) is 11.2 Å². The number of amides is 1. The molecule has 8 heteroatoms. The SMILES string of the molecule is O=C(NCC1COc2ccccc2O1)C(Cc1ccccc1)n1cnnn1. The van der Waals surface area contributed by atoms with Gasteiger partial charge in [-0.3, -0.25) is 4.79 Å². The lowest BCUT2D eigenvalue weighted by Gasteiger charge is -2.27. The van der Waals surface area contributed by atoms with Crippen LogP contribution in [0, 0.1) is 0 Å². The third-order valence-corrected chi connectivity index (χ3v) is 4.33. The van der Waals surface area contributed by atoms with E-state index in [1.54, 1.807) is 0 Å². The van der Waals surface area contributed by atoms with Crippen molar-refractivity contribution in [1.29, 1.82) is 0 Å². The number of rotatable bonds is 6. The first-order valence-corrected chi connectivity index (χ1v) is 8.72. The van der Waals surface area contributed by atoms with Crippen LogP contribution in [0.4, 0.5) is 0 Å². The van der Waals surface area contributed by atoms with Crippen molar-refractivity contribution in [3.05, 3.63) is 66.5 Å². The van der Waals surface area contributed by atoms with Crippen molar-refractivity contribution in [2.24, 2.45) is 0 Å². The zero-order valence-electron chi connectivity index (χ0n) is 14.6. The van der Waals surface area contributed by atoms with Crippen LogP contribution < -0.4 is 14.8 Å². The summed E-state index contributed by atoms with van der Waals surface area (Å²) in [7, 11) is 0. The van der Waals surface area contributed by atoms with Gasteiger partial charge in [0.25, 0.3) is 0 Å². The molecule has 2 unspecified atom stereocenters. The lowest BCUT2D eigenvalue weighted by molar-refractivity contribution is -0.125. The second-order valence-corrected chi connectivity index (χ2v) is 6.24. The van der Waals surface area contributed by atoms with Gasteiger partial charge in [-0.2, -0.15) is 0 Å². The molecule has 1 N–H and O–H groups in total. The van der Waals surface area contributed by atoms with Crippen LogP contribution in [0.1, 0.15) is 11.6 Å². The number of fused-ring (bicyclic) bond motifs is 1. The number of nitrogens with zero attached hydrogens (tertiary/aromatic N) is 4. The maximum absolute atomic E-state index is 12.8. The highest BCUT2D eigenvalue weighted by atomic mass is 16.6. The molecule has 0 spiro atoms. The second kappa shape index (κ2) is 7.86. The topological polar surface area (TPSA) is 91.2 Å². The smallest absolute Gasteiger partial charge is 0.245 e. The van der Waals surface area contributed by atoms with Gasteiger partial charge in [-0.15, -0.1) is 5.10 Å². The Hall–Kier alpha value is -3.42. The lowest BCUT2D eigenvalue weighted by atomic mass is 10.1. The Kier molecular flexibility index (Phi) is 4.95. The van der Waals surface area contributed by atoms with Crippen molar-refractivity contribution in [3.8, 4) is 11.5 Å². The molecule has 4 rings (SSSR count). The Morgan fingerprint density at radius 3 is 2.70 bits per heavy atom. The Morgan fingerprint density at radius 1 is 1.15 bits per heavy atom. The highest BCUT2D eigenvalue weighted by Crippen LogP contribution is 2.30. The van der Waals surface area contributed by atoms with E-state index in [0.717, 1.165) is 11.3 Å². The van der Waals surface area contributed by atoms with Crippen LogP contribution in [0.25, 0.3) is 0 Å². The Labute approximate surface area is 156 Å². The van der Waals surface area contributed by atoms with Crippen molar-refractivity contribution in [2.75, 3.05) is 13.2 Å². The number of benzene rings is 2. The summed E-state index contributed by atoms with van der Waals surface area (Å²) in [6, 6.07) is 16.7. The van der Waals surface area contributed by atoms with Crippen LogP contribution in [0.15, 0.2) is 60.9 Å². The van der Waals surface area contributed by atoms with E-state index < -0.39 is 6.04 Å². The third-order valence-electron chi connectivity index (χ3n) is 4.33. The predicted octanol–water partition coefficient (Wildman–Crippen LogP) is 1.41. The molecule has 0 aliphatic carbocycles. The average molecular weight is 365 g/mol. The summed E-state index contributed by atoms with van der Waals surface area (Å²) in [6.07, 6.45) is 1.68. The first kappa shape index (κ1) is 17.0. The van der Waals surface area contributed by atoms with Gasteiger partial charge < -0.3 is 14.8 Å². The monoisotopic (exact) mass is 365 g/mol. The van der Waals surface area contributed by atoms with Crippen molar-refractivity contribution >= 4 is 5.91 Å². The molecule has 0 fully saturated rings. The van der Waals surface area contributed by atoms with E-state index in [2.05, 4.69) is 20.8 Å². The van der Waals surface area contributed by atoms with Crippen LogP contribution in [0.3, 0.4) is 0 Å². The van der Waals surface area contributed by atoms with Gasteiger partial charge in [-0.1, -0.05) is 42.5 Å². The Morgan fingerprint density at radius 2 is 1.93 bits per heavy atom. The maximum Gasteiger partial charge on any atom is 0.245 e. The van der Waals surface area contributed by atoms with Gasteiger partial charge in [0.15, 0.2) is 11.5 Å². The van der Waals surface area contributed by atoms with Crippen molar-refractivity contribution in [3.63, 3.8) is 0 Å². The van der Waals surface area contributed by atoms with Gasteiger partial charge in [0, 0.05) is 6.42 Å². The first-order valence-electron chi connectivity index (χ1n) is 8.72. The van der Waals surface area contributed by atoms with Crippen LogP contribution >= 0.6 is 0 Å². The number of para-hydroxylation sites is 2. The molecule has 2 heterocycles. The normalized spacial score (nSPS) is 16.5. The predicted molar refractivity (Wildman–Crippen MR) is 96.4 cm³/mol. The molecule has 1 aromatic heterocycles. The van der Waals surface area contributed by atoms with E-state index >= 15 is 0 Å². The number of aromatic nitrogens is 4. The van der Waals surface area contributed by atoms with Crippen molar-refractivity contribution < 1.29 is 14.3 Å². The maximum atomic E-state index is 12.8. The molecule has 2 atom stereocenters. The minimum absolute atomic E-state index is 0.173. The van der Waals surface area contributed by atoms with Gasteiger partial charge in [-0.25, -0.2) is 4.68 Å². The molecule has 0 saturated carbocycles. The molecule has 0 radical (unpaired) electrons. The first-order chi connectivity index (χ1) is 13.3. The summed E-state index contributed by atoms with van der Waals surface area (Å²) in [5, 5.41) is 14.1. The average Bonchev–Trinajstić information content (AvgIpc) is 3.25. The molecule has 27 heavy (non-hydrogen) atoms. The number of hydrogen-bond donors (Lipinski definition) is 1. The summed E-state index contributed by atoms with van der Waals surface area (Å²) >= 11 is 0. The molecule has 138 valence electrons. The molecule has 1 aliphatic heterocycles. The zero-order valence-corrected chi connectivity index (χ0v) is 14.6.